The molecule has 0 aliphatic carbocycles. The minimum atomic E-state index is -0.436. The Morgan fingerprint density at radius 3 is 2.75 bits per heavy atom. The molecule has 0 unspecified atom stereocenters. The molecular formula is C10H10N4O2. The Morgan fingerprint density at radius 2 is 2.12 bits per heavy atom. The third-order valence-corrected chi connectivity index (χ3v) is 2.15. The lowest BCUT2D eigenvalue weighted by Gasteiger charge is -2.07. The molecule has 0 bridgehead atoms. The summed E-state index contributed by atoms with van der Waals surface area (Å²) in [5, 5.41) is 10.9. The molecule has 2 heterocycles. The fourth-order valence-electron chi connectivity index (χ4n) is 1.39. The summed E-state index contributed by atoms with van der Waals surface area (Å²) in [6.45, 7) is 1.68. The summed E-state index contributed by atoms with van der Waals surface area (Å²) in [6.07, 6.45) is 5.02. The summed E-state index contributed by atoms with van der Waals surface area (Å²) >= 11 is 0. The highest BCUT2D eigenvalue weighted by Crippen LogP contribution is 2.25. The fourth-order valence-corrected chi connectivity index (χ4v) is 1.39. The average molecular weight is 218 g/mol. The number of nitrogens with one attached hydrogen (secondary N) is 1. The Kier molecular flexibility index (Phi) is 2.55. The first-order chi connectivity index (χ1) is 7.68. The number of hydrogen-bond acceptors (Lipinski definition) is 4. The molecule has 16 heavy (non-hydrogen) atoms. The number of hydrogen-bond donors (Lipinski definition) is 1. The molecule has 0 radical (unpaired) electrons. The highest BCUT2D eigenvalue weighted by molar-refractivity contribution is 5.59. The van der Waals surface area contributed by atoms with Crippen LogP contribution in [0.1, 0.15) is 5.56 Å². The van der Waals surface area contributed by atoms with Gasteiger partial charge in [0.05, 0.1) is 4.92 Å². The second kappa shape index (κ2) is 4.01. The molecule has 0 saturated carbocycles. The molecule has 0 spiro atoms. The van der Waals surface area contributed by atoms with E-state index in [-0.39, 0.29) is 11.5 Å². The second-order valence-electron chi connectivity index (χ2n) is 3.28. The molecule has 6 nitrogen and oxygen atoms in total. The summed E-state index contributed by atoms with van der Waals surface area (Å²) < 4.78 is 1.61. The summed E-state index contributed by atoms with van der Waals surface area (Å²) in [5.41, 5.74) is 3.41. The molecule has 0 amide bonds. The van der Waals surface area contributed by atoms with Crippen LogP contribution in [0.4, 0.5) is 11.5 Å². The van der Waals surface area contributed by atoms with Crippen molar-refractivity contribution in [1.82, 2.24) is 9.66 Å². The molecule has 0 atom stereocenters. The maximum atomic E-state index is 10.9. The van der Waals surface area contributed by atoms with Gasteiger partial charge in [-0.2, -0.15) is 0 Å². The number of aromatic nitrogens is 2. The summed E-state index contributed by atoms with van der Waals surface area (Å²) in [4.78, 5) is 14.4. The van der Waals surface area contributed by atoms with Crippen molar-refractivity contribution in [3.63, 3.8) is 0 Å². The lowest BCUT2D eigenvalue weighted by molar-refractivity contribution is -0.384. The van der Waals surface area contributed by atoms with Crippen LogP contribution in [0.25, 0.3) is 0 Å². The molecule has 0 saturated heterocycles. The van der Waals surface area contributed by atoms with Crippen LogP contribution in [0.2, 0.25) is 0 Å². The molecule has 1 N–H and O–H groups in total. The van der Waals surface area contributed by atoms with Crippen molar-refractivity contribution in [3.8, 4) is 0 Å². The first-order valence-electron chi connectivity index (χ1n) is 4.68. The second-order valence-corrected chi connectivity index (χ2v) is 3.28. The van der Waals surface area contributed by atoms with Crippen molar-refractivity contribution in [2.45, 2.75) is 6.92 Å². The molecular weight excluding hydrogens is 208 g/mol. The molecule has 6 heteroatoms. The van der Waals surface area contributed by atoms with Crippen LogP contribution in [0.5, 0.6) is 0 Å². The van der Waals surface area contributed by atoms with E-state index in [1.54, 1.807) is 30.1 Å². The van der Waals surface area contributed by atoms with Gasteiger partial charge in [0.25, 0.3) is 0 Å². The summed E-state index contributed by atoms with van der Waals surface area (Å²) in [6, 6.07) is 5.24. The van der Waals surface area contributed by atoms with E-state index in [0.717, 1.165) is 0 Å². The summed E-state index contributed by atoms with van der Waals surface area (Å²) in [7, 11) is 0. The maximum absolute atomic E-state index is 10.9. The highest BCUT2D eigenvalue weighted by Gasteiger charge is 2.18. The van der Waals surface area contributed by atoms with Crippen LogP contribution in [-0.2, 0) is 0 Å². The van der Waals surface area contributed by atoms with Gasteiger partial charge in [0.1, 0.15) is 0 Å². The zero-order valence-corrected chi connectivity index (χ0v) is 8.62. The van der Waals surface area contributed by atoms with Gasteiger partial charge in [0, 0.05) is 24.2 Å². The zero-order chi connectivity index (χ0) is 11.5. The Hall–Kier alpha value is -2.37. The lowest BCUT2D eigenvalue weighted by atomic mass is 10.2. The van der Waals surface area contributed by atoms with Crippen molar-refractivity contribution in [3.05, 3.63) is 52.5 Å². The van der Waals surface area contributed by atoms with Crippen molar-refractivity contribution >= 4 is 11.5 Å². The van der Waals surface area contributed by atoms with Crippen LogP contribution in [0, 0.1) is 17.0 Å². The van der Waals surface area contributed by atoms with Gasteiger partial charge in [-0.05, 0) is 25.1 Å². The molecule has 2 aromatic rings. The predicted molar refractivity (Wildman–Crippen MR) is 59.1 cm³/mol. The third-order valence-electron chi connectivity index (χ3n) is 2.15. The predicted octanol–water partition coefficient (Wildman–Crippen LogP) is 1.97. The van der Waals surface area contributed by atoms with E-state index in [1.165, 1.54) is 6.20 Å². The Bertz CT molecular complexity index is 508. The van der Waals surface area contributed by atoms with Crippen LogP contribution < -0.4 is 5.43 Å². The van der Waals surface area contributed by atoms with Crippen molar-refractivity contribution < 1.29 is 4.92 Å². The maximum Gasteiger partial charge on any atom is 0.315 e. The number of rotatable bonds is 3. The van der Waals surface area contributed by atoms with Crippen LogP contribution >= 0.6 is 0 Å². The molecule has 0 aromatic carbocycles. The first kappa shape index (κ1) is 10.2. The van der Waals surface area contributed by atoms with E-state index >= 15 is 0 Å². The van der Waals surface area contributed by atoms with Crippen molar-refractivity contribution in [2.24, 2.45) is 0 Å². The van der Waals surface area contributed by atoms with Gasteiger partial charge >= 0.3 is 5.69 Å². The standard InChI is InChI=1S/C10H10N4O2/c1-8-4-5-11-10(9(8)14(15)16)12-13-6-2-3-7-13/h2-7H,1H3,(H,11,12). The van der Waals surface area contributed by atoms with E-state index < -0.39 is 4.92 Å². The van der Waals surface area contributed by atoms with Crippen molar-refractivity contribution in [1.29, 1.82) is 0 Å². The minimum absolute atomic E-state index is 0.00352. The van der Waals surface area contributed by atoms with E-state index in [1.807, 2.05) is 12.1 Å². The van der Waals surface area contributed by atoms with Crippen LogP contribution in [0.3, 0.4) is 0 Å². The van der Waals surface area contributed by atoms with E-state index in [4.69, 9.17) is 0 Å². The first-order valence-corrected chi connectivity index (χ1v) is 4.68. The van der Waals surface area contributed by atoms with Crippen molar-refractivity contribution in [2.75, 3.05) is 5.43 Å². The molecule has 0 fully saturated rings. The fraction of sp³-hybridized carbons (Fsp3) is 0.100. The Balaban J connectivity index is 2.40. The Morgan fingerprint density at radius 1 is 1.44 bits per heavy atom. The zero-order valence-electron chi connectivity index (χ0n) is 8.62. The number of pyridine rings is 1. The minimum Gasteiger partial charge on any atom is -0.272 e. The number of nitrogens with zero attached hydrogens (tertiary/aromatic N) is 3. The Labute approximate surface area is 91.7 Å². The van der Waals surface area contributed by atoms with Gasteiger partial charge in [-0.1, -0.05) is 0 Å². The lowest BCUT2D eigenvalue weighted by Crippen LogP contribution is -2.10. The monoisotopic (exact) mass is 218 g/mol. The van der Waals surface area contributed by atoms with Gasteiger partial charge in [-0.25, -0.2) is 4.98 Å². The molecule has 2 rings (SSSR count). The van der Waals surface area contributed by atoms with Gasteiger partial charge in [-0.3, -0.25) is 20.2 Å². The number of nitro groups is 1. The van der Waals surface area contributed by atoms with E-state index in [0.29, 0.717) is 5.56 Å². The van der Waals surface area contributed by atoms with Crippen LogP contribution in [-0.4, -0.2) is 14.6 Å². The van der Waals surface area contributed by atoms with Gasteiger partial charge in [-0.15, -0.1) is 0 Å². The molecule has 82 valence electrons. The average Bonchev–Trinajstić information content (AvgIpc) is 2.70. The third kappa shape index (κ3) is 1.85. The van der Waals surface area contributed by atoms with E-state index in [2.05, 4.69) is 10.4 Å². The molecule has 2 aromatic heterocycles. The van der Waals surface area contributed by atoms with Gasteiger partial charge in [0.15, 0.2) is 0 Å². The summed E-state index contributed by atoms with van der Waals surface area (Å²) in [5.74, 6) is 0.237. The van der Waals surface area contributed by atoms with E-state index in [9.17, 15) is 10.1 Å². The highest BCUT2D eigenvalue weighted by atomic mass is 16.6. The quantitative estimate of drug-likeness (QED) is 0.631. The smallest absolute Gasteiger partial charge is 0.272 e. The molecule has 0 aliphatic heterocycles. The number of anilines is 1. The molecule has 0 aliphatic rings. The topological polar surface area (TPSA) is 73.0 Å². The number of aryl methyl sites for hydroxylation is 1. The van der Waals surface area contributed by atoms with Gasteiger partial charge in [0.2, 0.25) is 5.82 Å². The van der Waals surface area contributed by atoms with Crippen LogP contribution in [0.15, 0.2) is 36.8 Å². The largest absolute Gasteiger partial charge is 0.315 e. The SMILES string of the molecule is Cc1ccnc(Nn2cccc2)c1[N+](=O)[O-]. The van der Waals surface area contributed by atoms with Gasteiger partial charge < -0.3 is 0 Å². The normalized spacial score (nSPS) is 10.1.